The van der Waals surface area contributed by atoms with Crippen LogP contribution in [0.4, 0.5) is 13.2 Å². The molecule has 0 radical (unpaired) electrons. The van der Waals surface area contributed by atoms with Crippen LogP contribution in [0.25, 0.3) is 0 Å². The molecular formula is C29H38ClF3N4O2. The summed E-state index contributed by atoms with van der Waals surface area (Å²) in [6, 6.07) is 14.5. The van der Waals surface area contributed by atoms with E-state index in [0.717, 1.165) is 55.2 Å². The summed E-state index contributed by atoms with van der Waals surface area (Å²) in [4.78, 5) is 8.39. The molecule has 0 aliphatic carbocycles. The summed E-state index contributed by atoms with van der Waals surface area (Å²) in [6.45, 7) is 5.28. The van der Waals surface area contributed by atoms with Gasteiger partial charge in [0.1, 0.15) is 13.2 Å². The van der Waals surface area contributed by atoms with E-state index >= 15 is 0 Å². The number of alkyl halides is 3. The molecule has 10 heteroatoms. The summed E-state index contributed by atoms with van der Waals surface area (Å²) < 4.78 is 48.5. The number of benzene rings is 2. The highest BCUT2D eigenvalue weighted by molar-refractivity contribution is 6.30. The average molecular weight is 567 g/mol. The Hall–Kier alpha value is -2.94. The zero-order valence-electron chi connectivity index (χ0n) is 22.5. The first-order valence-electron chi connectivity index (χ1n) is 13.4. The van der Waals surface area contributed by atoms with Crippen molar-refractivity contribution in [2.24, 2.45) is 21.5 Å². The summed E-state index contributed by atoms with van der Waals surface area (Å²) >= 11 is 5.91. The second kappa shape index (κ2) is 14.4. The highest BCUT2D eigenvalue weighted by Gasteiger charge is 2.31. The Labute approximate surface area is 233 Å². The molecule has 2 heterocycles. The first kappa shape index (κ1) is 30.6. The SMILES string of the molecule is CCC(CC[C@H]1COC(N)=N1)c1ccc(Cl)cc1.CCC(CC[C@H]1COC(N)=N1)c1cccc(C(F)(F)F)c1. The number of ether oxygens (including phenoxy) is 2. The maximum atomic E-state index is 12.8. The fourth-order valence-corrected chi connectivity index (χ4v) is 5.00. The van der Waals surface area contributed by atoms with Crippen molar-refractivity contribution in [2.75, 3.05) is 13.2 Å². The van der Waals surface area contributed by atoms with Gasteiger partial charge in [-0.15, -0.1) is 0 Å². The van der Waals surface area contributed by atoms with Gasteiger partial charge in [0.25, 0.3) is 12.0 Å². The van der Waals surface area contributed by atoms with Crippen LogP contribution in [0.5, 0.6) is 0 Å². The van der Waals surface area contributed by atoms with Gasteiger partial charge in [0.2, 0.25) is 0 Å². The van der Waals surface area contributed by atoms with Gasteiger partial charge in [0.15, 0.2) is 0 Å². The average Bonchev–Trinajstić information content (AvgIpc) is 3.53. The number of rotatable bonds is 10. The first-order chi connectivity index (χ1) is 18.6. The minimum absolute atomic E-state index is 0.0184. The van der Waals surface area contributed by atoms with Crippen LogP contribution in [0.15, 0.2) is 58.5 Å². The molecule has 214 valence electrons. The van der Waals surface area contributed by atoms with Gasteiger partial charge < -0.3 is 20.9 Å². The number of nitrogens with zero attached hydrogens (tertiary/aromatic N) is 2. The topological polar surface area (TPSA) is 95.2 Å². The third-order valence-corrected chi connectivity index (χ3v) is 7.43. The Kier molecular flexibility index (Phi) is 11.3. The summed E-state index contributed by atoms with van der Waals surface area (Å²) in [5.41, 5.74) is 12.4. The minimum Gasteiger partial charge on any atom is -0.463 e. The molecule has 0 aromatic heterocycles. The lowest BCUT2D eigenvalue weighted by atomic mass is 9.89. The van der Waals surface area contributed by atoms with Crippen molar-refractivity contribution in [1.82, 2.24) is 0 Å². The minimum atomic E-state index is -4.30. The van der Waals surface area contributed by atoms with Gasteiger partial charge >= 0.3 is 6.18 Å². The molecule has 0 bridgehead atoms. The van der Waals surface area contributed by atoms with Crippen LogP contribution in [0.2, 0.25) is 5.02 Å². The highest BCUT2D eigenvalue weighted by atomic mass is 35.5. The van der Waals surface area contributed by atoms with Gasteiger partial charge in [-0.25, -0.2) is 9.98 Å². The molecule has 4 atom stereocenters. The Morgan fingerprint density at radius 3 is 1.79 bits per heavy atom. The number of amidine groups is 2. The van der Waals surface area contributed by atoms with E-state index in [0.29, 0.717) is 25.2 Å². The van der Waals surface area contributed by atoms with Gasteiger partial charge in [-0.05, 0) is 79.7 Å². The zero-order chi connectivity index (χ0) is 28.4. The van der Waals surface area contributed by atoms with E-state index in [1.807, 2.05) is 19.1 Å². The van der Waals surface area contributed by atoms with E-state index in [1.54, 1.807) is 6.07 Å². The molecule has 0 spiro atoms. The van der Waals surface area contributed by atoms with Gasteiger partial charge in [0.05, 0.1) is 17.6 Å². The molecule has 2 aliphatic heterocycles. The van der Waals surface area contributed by atoms with E-state index in [-0.39, 0.29) is 24.0 Å². The predicted molar refractivity (Wildman–Crippen MR) is 150 cm³/mol. The Balaban J connectivity index is 0.000000218. The summed E-state index contributed by atoms with van der Waals surface area (Å²) in [7, 11) is 0. The van der Waals surface area contributed by atoms with E-state index < -0.39 is 11.7 Å². The number of hydrogen-bond donors (Lipinski definition) is 2. The van der Waals surface area contributed by atoms with Crippen LogP contribution < -0.4 is 11.5 Å². The third kappa shape index (κ3) is 9.64. The molecule has 0 amide bonds. The van der Waals surface area contributed by atoms with Gasteiger partial charge in [-0.3, -0.25) is 0 Å². The largest absolute Gasteiger partial charge is 0.463 e. The number of nitrogens with two attached hydrogens (primary N) is 2. The molecule has 0 saturated heterocycles. The lowest BCUT2D eigenvalue weighted by Crippen LogP contribution is -2.11. The third-order valence-electron chi connectivity index (χ3n) is 7.18. The lowest BCUT2D eigenvalue weighted by molar-refractivity contribution is -0.137. The number of aliphatic imine (C=N–C) groups is 2. The number of hydrogen-bond acceptors (Lipinski definition) is 6. The van der Waals surface area contributed by atoms with Crippen LogP contribution in [-0.2, 0) is 15.7 Å². The molecule has 0 fully saturated rings. The monoisotopic (exact) mass is 566 g/mol. The Morgan fingerprint density at radius 1 is 0.846 bits per heavy atom. The van der Waals surface area contributed by atoms with Crippen molar-refractivity contribution >= 4 is 23.6 Å². The summed E-state index contributed by atoms with van der Waals surface area (Å²) in [5, 5.41) is 0.787. The van der Waals surface area contributed by atoms with Gasteiger partial charge in [0, 0.05) is 5.02 Å². The molecule has 2 aromatic rings. The van der Waals surface area contributed by atoms with Gasteiger partial charge in [-0.1, -0.05) is 55.8 Å². The maximum Gasteiger partial charge on any atom is 0.416 e. The standard InChI is InChI=1S/C15H19F3N2O.C14H19ClN2O/c1-2-10(6-7-13-9-21-14(19)20-13)11-4-3-5-12(8-11)15(16,17)18;1-2-10(11-3-6-12(15)7-4-11)5-8-13-9-18-14(16)17-13/h3-5,8,10,13H,2,6-7,9H2,1H3,(H2,19,20);3-4,6-7,10,13H,2,5,8-9H2,1H3,(H2,16,17)/t2*10?,13-/m00/s1. The second-order valence-corrected chi connectivity index (χ2v) is 10.3. The van der Waals surface area contributed by atoms with Crippen molar-refractivity contribution < 1.29 is 22.6 Å². The van der Waals surface area contributed by atoms with E-state index in [4.69, 9.17) is 32.5 Å². The molecular weight excluding hydrogens is 529 g/mol. The Morgan fingerprint density at radius 2 is 1.36 bits per heavy atom. The molecule has 6 nitrogen and oxygen atoms in total. The number of halogens is 4. The quantitative estimate of drug-likeness (QED) is 0.323. The Bertz CT molecular complexity index is 1110. The molecule has 2 aromatic carbocycles. The second-order valence-electron chi connectivity index (χ2n) is 9.90. The predicted octanol–water partition coefficient (Wildman–Crippen LogP) is 7.02. The van der Waals surface area contributed by atoms with Crippen molar-refractivity contribution in [1.29, 1.82) is 0 Å². The van der Waals surface area contributed by atoms with Crippen LogP contribution in [0.3, 0.4) is 0 Å². The van der Waals surface area contributed by atoms with Crippen LogP contribution in [-0.4, -0.2) is 37.3 Å². The first-order valence-corrected chi connectivity index (χ1v) is 13.8. The molecule has 2 aliphatic rings. The van der Waals surface area contributed by atoms with Crippen molar-refractivity contribution in [3.05, 3.63) is 70.2 Å². The van der Waals surface area contributed by atoms with E-state index in [2.05, 4.69) is 29.0 Å². The molecule has 0 saturated carbocycles. The maximum absolute atomic E-state index is 12.8. The smallest absolute Gasteiger partial charge is 0.416 e. The fourth-order valence-electron chi connectivity index (χ4n) is 4.87. The normalized spacial score (nSPS) is 20.2. The summed E-state index contributed by atoms with van der Waals surface area (Å²) in [5.74, 6) is 0.642. The van der Waals surface area contributed by atoms with Crippen molar-refractivity contribution in [3.8, 4) is 0 Å². The highest BCUT2D eigenvalue weighted by Crippen LogP contribution is 2.33. The zero-order valence-corrected chi connectivity index (χ0v) is 23.2. The van der Waals surface area contributed by atoms with Crippen LogP contribution in [0.1, 0.15) is 80.9 Å². The van der Waals surface area contributed by atoms with Crippen LogP contribution in [0, 0.1) is 0 Å². The fraction of sp³-hybridized carbons (Fsp3) is 0.517. The van der Waals surface area contributed by atoms with E-state index in [9.17, 15) is 13.2 Å². The molecule has 39 heavy (non-hydrogen) atoms. The molecule has 2 unspecified atom stereocenters. The molecule has 4 rings (SSSR count). The van der Waals surface area contributed by atoms with Gasteiger partial charge in [-0.2, -0.15) is 13.2 Å². The van der Waals surface area contributed by atoms with Crippen LogP contribution >= 0.6 is 11.6 Å². The van der Waals surface area contributed by atoms with E-state index in [1.165, 1.54) is 17.7 Å². The van der Waals surface area contributed by atoms with Crippen molar-refractivity contribution in [3.63, 3.8) is 0 Å². The summed E-state index contributed by atoms with van der Waals surface area (Å²) in [6.07, 6.45) is 1.25. The molecule has 4 N–H and O–H groups in total. The van der Waals surface area contributed by atoms with Crippen molar-refractivity contribution in [2.45, 2.75) is 82.5 Å². The lowest BCUT2D eigenvalue weighted by Gasteiger charge is -2.18.